The predicted molar refractivity (Wildman–Crippen MR) is 71.5 cm³/mol. The lowest BCUT2D eigenvalue weighted by molar-refractivity contribution is -0.151. The van der Waals surface area contributed by atoms with E-state index < -0.39 is 30.3 Å². The van der Waals surface area contributed by atoms with E-state index >= 15 is 0 Å². The van der Waals surface area contributed by atoms with Gasteiger partial charge in [-0.05, 0) is 12.1 Å². The number of rotatable bonds is 3. The van der Waals surface area contributed by atoms with E-state index in [-0.39, 0.29) is 18.1 Å². The Labute approximate surface area is 121 Å². The number of hydrogen-bond acceptors (Lipinski definition) is 5. The van der Waals surface area contributed by atoms with Gasteiger partial charge in [0.15, 0.2) is 18.0 Å². The van der Waals surface area contributed by atoms with E-state index in [1.54, 1.807) is 24.3 Å². The number of benzene rings is 1. The first-order valence-electron chi connectivity index (χ1n) is 6.77. The average molecular weight is 289 g/mol. The normalized spacial score (nSPS) is 30.2. The van der Waals surface area contributed by atoms with Crippen LogP contribution in [0.2, 0.25) is 0 Å². The topological polar surface area (TPSA) is 81.7 Å². The van der Waals surface area contributed by atoms with Crippen LogP contribution in [0.3, 0.4) is 0 Å². The van der Waals surface area contributed by atoms with Crippen molar-refractivity contribution in [3.05, 3.63) is 35.9 Å². The first-order valence-corrected chi connectivity index (χ1v) is 6.77. The van der Waals surface area contributed by atoms with E-state index in [1.165, 1.54) is 6.92 Å². The highest BCUT2D eigenvalue weighted by atomic mass is 16.6. The summed E-state index contributed by atoms with van der Waals surface area (Å²) in [6.45, 7) is 1.27. The molecule has 1 amide bonds. The molecule has 2 fully saturated rings. The second-order valence-electron chi connectivity index (χ2n) is 5.20. The van der Waals surface area contributed by atoms with E-state index in [0.717, 1.165) is 0 Å². The molecule has 2 saturated heterocycles. The van der Waals surface area contributed by atoms with Crippen LogP contribution in [0.4, 0.5) is 0 Å². The van der Waals surface area contributed by atoms with Crippen LogP contribution < -0.4 is 5.32 Å². The van der Waals surface area contributed by atoms with Crippen LogP contribution in [0.5, 0.6) is 0 Å². The van der Waals surface area contributed by atoms with Crippen molar-refractivity contribution in [1.29, 1.82) is 0 Å². The van der Waals surface area contributed by atoms with Gasteiger partial charge >= 0.3 is 5.97 Å². The standard InChI is InChI=1S/C15H15NO5/c1-8(17)20-14-12(11-7-10(18)13(14)21-11)16-15(19)9-5-3-2-4-6-9/h2-6,11-14H,7H2,1H3,(H,16,19)/t11-,12-,13+,14+/m1/s1. The van der Waals surface area contributed by atoms with Gasteiger partial charge in [-0.1, -0.05) is 18.2 Å². The molecular formula is C15H15NO5. The van der Waals surface area contributed by atoms with Crippen LogP contribution in [0, 0.1) is 0 Å². The smallest absolute Gasteiger partial charge is 0.303 e. The maximum Gasteiger partial charge on any atom is 0.303 e. The highest BCUT2D eigenvalue weighted by Gasteiger charge is 2.56. The molecule has 3 rings (SSSR count). The Bertz CT molecular complexity index is 585. The number of nitrogens with one attached hydrogen (secondary N) is 1. The number of carbonyl (C=O) groups excluding carboxylic acids is 3. The van der Waals surface area contributed by atoms with E-state index in [1.807, 2.05) is 6.07 Å². The molecular weight excluding hydrogens is 274 g/mol. The molecule has 6 heteroatoms. The summed E-state index contributed by atoms with van der Waals surface area (Å²) >= 11 is 0. The molecule has 0 aromatic heterocycles. The lowest BCUT2D eigenvalue weighted by Gasteiger charge is -2.27. The number of Topliss-reactive ketones (excluding diaryl/α,β-unsaturated/α-hetero) is 1. The number of amides is 1. The van der Waals surface area contributed by atoms with Crippen LogP contribution in [-0.2, 0) is 19.1 Å². The summed E-state index contributed by atoms with van der Waals surface area (Å²) in [5.74, 6) is -0.860. The van der Waals surface area contributed by atoms with Gasteiger partial charge < -0.3 is 14.8 Å². The summed E-state index contributed by atoms with van der Waals surface area (Å²) in [4.78, 5) is 35.1. The van der Waals surface area contributed by atoms with Crippen LogP contribution in [-0.4, -0.2) is 42.0 Å². The largest absolute Gasteiger partial charge is 0.457 e. The second-order valence-corrected chi connectivity index (χ2v) is 5.20. The third-order valence-corrected chi connectivity index (χ3v) is 3.73. The van der Waals surface area contributed by atoms with Crippen molar-refractivity contribution < 1.29 is 23.9 Å². The average Bonchev–Trinajstić information content (AvgIpc) is 2.98. The Morgan fingerprint density at radius 2 is 2.00 bits per heavy atom. The lowest BCUT2D eigenvalue weighted by atomic mass is 9.91. The molecule has 2 heterocycles. The van der Waals surface area contributed by atoms with Gasteiger partial charge in [0.25, 0.3) is 5.91 Å². The molecule has 110 valence electrons. The predicted octanol–water partition coefficient (Wildman–Crippen LogP) is 0.457. The molecule has 0 spiro atoms. The molecule has 21 heavy (non-hydrogen) atoms. The molecule has 0 aliphatic carbocycles. The third-order valence-electron chi connectivity index (χ3n) is 3.73. The zero-order valence-corrected chi connectivity index (χ0v) is 11.4. The van der Waals surface area contributed by atoms with E-state index in [0.29, 0.717) is 5.56 Å². The number of hydrogen-bond donors (Lipinski definition) is 1. The number of ether oxygens (including phenoxy) is 2. The number of ketones is 1. The van der Waals surface area contributed by atoms with Crippen molar-refractivity contribution in [2.45, 2.75) is 37.7 Å². The molecule has 0 saturated carbocycles. The lowest BCUT2D eigenvalue weighted by Crippen LogP contribution is -2.53. The zero-order chi connectivity index (χ0) is 15.0. The van der Waals surface area contributed by atoms with Gasteiger partial charge in [-0.15, -0.1) is 0 Å². The van der Waals surface area contributed by atoms with Crippen LogP contribution in [0.1, 0.15) is 23.7 Å². The van der Waals surface area contributed by atoms with Crippen molar-refractivity contribution in [2.24, 2.45) is 0 Å². The Morgan fingerprint density at radius 1 is 1.29 bits per heavy atom. The fraction of sp³-hybridized carbons (Fsp3) is 0.400. The molecule has 0 unspecified atom stereocenters. The highest BCUT2D eigenvalue weighted by molar-refractivity contribution is 5.95. The SMILES string of the molecule is CC(=O)O[C@H]1[C@H](NC(=O)c2ccccc2)[C@H]2CC(=O)[C@@H]1O2. The quantitative estimate of drug-likeness (QED) is 0.817. The fourth-order valence-corrected chi connectivity index (χ4v) is 2.82. The van der Waals surface area contributed by atoms with E-state index in [9.17, 15) is 14.4 Å². The number of fused-ring (bicyclic) bond motifs is 2. The van der Waals surface area contributed by atoms with Gasteiger partial charge in [0.1, 0.15) is 0 Å². The van der Waals surface area contributed by atoms with Crippen LogP contribution in [0.25, 0.3) is 0 Å². The maximum atomic E-state index is 12.2. The Kier molecular flexibility index (Phi) is 3.47. The molecule has 2 aliphatic heterocycles. The van der Waals surface area contributed by atoms with Crippen LogP contribution in [0.15, 0.2) is 30.3 Å². The Morgan fingerprint density at radius 3 is 2.67 bits per heavy atom. The maximum absolute atomic E-state index is 12.2. The van der Waals surface area contributed by atoms with Gasteiger partial charge in [-0.25, -0.2) is 0 Å². The molecule has 2 aliphatic rings. The van der Waals surface area contributed by atoms with Crippen molar-refractivity contribution in [2.75, 3.05) is 0 Å². The molecule has 1 aromatic rings. The molecule has 1 aromatic carbocycles. The minimum Gasteiger partial charge on any atom is -0.457 e. The summed E-state index contributed by atoms with van der Waals surface area (Å²) in [7, 11) is 0. The van der Waals surface area contributed by atoms with Gasteiger partial charge in [0, 0.05) is 18.9 Å². The Hall–Kier alpha value is -2.21. The fourth-order valence-electron chi connectivity index (χ4n) is 2.82. The van der Waals surface area contributed by atoms with Crippen molar-refractivity contribution in [3.63, 3.8) is 0 Å². The summed E-state index contributed by atoms with van der Waals surface area (Å²) in [6, 6.07) is 8.23. The Balaban J connectivity index is 1.76. The van der Waals surface area contributed by atoms with Crippen molar-refractivity contribution >= 4 is 17.7 Å². The molecule has 1 N–H and O–H groups in total. The molecule has 6 nitrogen and oxygen atoms in total. The van der Waals surface area contributed by atoms with Crippen LogP contribution >= 0.6 is 0 Å². The molecule has 4 atom stereocenters. The van der Waals surface area contributed by atoms with E-state index in [4.69, 9.17) is 9.47 Å². The minimum atomic E-state index is -0.764. The number of esters is 1. The second kappa shape index (κ2) is 5.29. The minimum absolute atomic E-state index is 0.0866. The van der Waals surface area contributed by atoms with Gasteiger partial charge in [0.2, 0.25) is 0 Å². The summed E-state index contributed by atoms with van der Waals surface area (Å²) in [6.07, 6.45) is -1.71. The first-order chi connectivity index (χ1) is 10.1. The number of carbonyl (C=O) groups is 3. The van der Waals surface area contributed by atoms with Crippen molar-refractivity contribution in [1.82, 2.24) is 5.32 Å². The summed E-state index contributed by atoms with van der Waals surface area (Å²) in [5.41, 5.74) is 0.508. The highest BCUT2D eigenvalue weighted by Crippen LogP contribution is 2.34. The summed E-state index contributed by atoms with van der Waals surface area (Å²) in [5, 5.41) is 2.81. The van der Waals surface area contributed by atoms with Gasteiger partial charge in [0.05, 0.1) is 12.1 Å². The first kappa shape index (κ1) is 13.8. The van der Waals surface area contributed by atoms with Gasteiger partial charge in [-0.3, -0.25) is 14.4 Å². The van der Waals surface area contributed by atoms with Gasteiger partial charge in [-0.2, -0.15) is 0 Å². The molecule has 0 radical (unpaired) electrons. The van der Waals surface area contributed by atoms with E-state index in [2.05, 4.69) is 5.32 Å². The summed E-state index contributed by atoms with van der Waals surface area (Å²) < 4.78 is 10.7. The van der Waals surface area contributed by atoms with Crippen molar-refractivity contribution in [3.8, 4) is 0 Å². The zero-order valence-electron chi connectivity index (χ0n) is 11.4. The third kappa shape index (κ3) is 2.54. The monoisotopic (exact) mass is 289 g/mol. The molecule has 2 bridgehead atoms.